The minimum Gasteiger partial charge on any atom is -0.478 e. The number of nitrogens with one attached hydrogen (secondary N) is 3. The van der Waals surface area contributed by atoms with Crippen molar-refractivity contribution in [2.45, 2.75) is 72.0 Å². The molecule has 220 valence electrons. The number of amides is 4. The van der Waals surface area contributed by atoms with E-state index in [9.17, 15) is 33.6 Å². The van der Waals surface area contributed by atoms with Crippen molar-refractivity contribution < 1.29 is 48.1 Å². The van der Waals surface area contributed by atoms with Gasteiger partial charge in [0.1, 0.15) is 24.3 Å². The van der Waals surface area contributed by atoms with Crippen LogP contribution in [0.4, 0.5) is 0 Å². The average molecular weight is 557 g/mol. The third-order valence-corrected chi connectivity index (χ3v) is 4.18. The fourth-order valence-corrected chi connectivity index (χ4v) is 2.74. The van der Waals surface area contributed by atoms with Gasteiger partial charge in [-0.25, -0.2) is 4.79 Å². The number of carboxylic acids is 1. The molecule has 4 N–H and O–H groups in total. The van der Waals surface area contributed by atoms with Crippen molar-refractivity contribution in [3.8, 4) is 0 Å². The van der Waals surface area contributed by atoms with Crippen molar-refractivity contribution in [3.63, 3.8) is 0 Å². The molecule has 0 atom stereocenters. The van der Waals surface area contributed by atoms with Crippen LogP contribution >= 0.6 is 0 Å². The zero-order valence-electron chi connectivity index (χ0n) is 23.4. The Hall–Kier alpha value is -3.97. The molecule has 0 aliphatic carbocycles. The number of carbonyl (C=O) groups is 7. The summed E-state index contributed by atoms with van der Waals surface area (Å²) in [6.45, 7) is 8.91. The van der Waals surface area contributed by atoms with Gasteiger partial charge >= 0.3 is 17.9 Å². The van der Waals surface area contributed by atoms with Crippen LogP contribution in [0.3, 0.4) is 0 Å². The molecule has 0 rings (SSSR count). The molecular formula is C25H40N4O10. The van der Waals surface area contributed by atoms with E-state index in [1.807, 2.05) is 0 Å². The van der Waals surface area contributed by atoms with E-state index in [0.29, 0.717) is 6.08 Å². The maximum Gasteiger partial charge on any atom is 0.328 e. The summed E-state index contributed by atoms with van der Waals surface area (Å²) >= 11 is 0. The standard InChI is InChI=1S/C25H40N4O10/c1-24(2,3)38-22(36)10-13-27-18(31)15-29(20(33)9-12-26-17(30)7-8-21(34)35)16-19(32)28-14-11-23(37)39-25(4,5)6/h7-8H,9-16H2,1-6H3,(H,26,30)(H,27,31)(H,28,32)(H,34,35)/b8-7+. The third kappa shape index (κ3) is 20.7. The summed E-state index contributed by atoms with van der Waals surface area (Å²) in [5, 5.41) is 15.8. The Balaban J connectivity index is 4.98. The molecule has 0 aromatic heterocycles. The van der Waals surface area contributed by atoms with Gasteiger partial charge in [0.05, 0.1) is 12.8 Å². The second kappa shape index (κ2) is 16.8. The predicted molar refractivity (Wildman–Crippen MR) is 138 cm³/mol. The second-order valence-electron chi connectivity index (χ2n) is 10.3. The Morgan fingerprint density at radius 2 is 1.08 bits per heavy atom. The molecule has 0 fully saturated rings. The Morgan fingerprint density at radius 1 is 0.667 bits per heavy atom. The zero-order chi connectivity index (χ0) is 30.2. The maximum atomic E-state index is 12.7. The van der Waals surface area contributed by atoms with Gasteiger partial charge in [-0.3, -0.25) is 28.8 Å². The number of carboxylic acid groups (broad SMARTS) is 1. The molecule has 0 aliphatic rings. The molecule has 0 spiro atoms. The number of hydrogen-bond acceptors (Lipinski definition) is 9. The first-order valence-corrected chi connectivity index (χ1v) is 12.3. The van der Waals surface area contributed by atoms with Crippen LogP contribution in [0.5, 0.6) is 0 Å². The van der Waals surface area contributed by atoms with E-state index >= 15 is 0 Å². The predicted octanol–water partition coefficient (Wildman–Crippen LogP) is -0.342. The zero-order valence-corrected chi connectivity index (χ0v) is 23.4. The first kappa shape index (κ1) is 35.0. The molecule has 14 nitrogen and oxygen atoms in total. The second-order valence-corrected chi connectivity index (χ2v) is 10.3. The van der Waals surface area contributed by atoms with Gasteiger partial charge in [0, 0.05) is 38.2 Å². The lowest BCUT2D eigenvalue weighted by Gasteiger charge is -2.22. The highest BCUT2D eigenvalue weighted by atomic mass is 16.6. The number of rotatable bonds is 15. The van der Waals surface area contributed by atoms with Gasteiger partial charge in [0.15, 0.2) is 0 Å². The molecule has 0 radical (unpaired) electrons. The summed E-state index contributed by atoms with van der Waals surface area (Å²) in [5.74, 6) is -5.02. The van der Waals surface area contributed by atoms with E-state index in [4.69, 9.17) is 14.6 Å². The number of carbonyl (C=O) groups excluding carboxylic acids is 6. The number of aliphatic carboxylic acids is 1. The Bertz CT molecular complexity index is 884. The van der Waals surface area contributed by atoms with Crippen LogP contribution < -0.4 is 16.0 Å². The van der Waals surface area contributed by atoms with Crippen molar-refractivity contribution in [3.05, 3.63) is 12.2 Å². The van der Waals surface area contributed by atoms with Crippen LogP contribution in [0.25, 0.3) is 0 Å². The lowest BCUT2D eigenvalue weighted by molar-refractivity contribution is -0.155. The van der Waals surface area contributed by atoms with Crippen LogP contribution in [0.2, 0.25) is 0 Å². The summed E-state index contributed by atoms with van der Waals surface area (Å²) in [5.41, 5.74) is -1.36. The van der Waals surface area contributed by atoms with Crippen LogP contribution in [-0.2, 0) is 43.0 Å². The highest BCUT2D eigenvalue weighted by Crippen LogP contribution is 2.08. The molecule has 0 unspecified atom stereocenters. The molecule has 0 aliphatic heterocycles. The largest absolute Gasteiger partial charge is 0.478 e. The summed E-state index contributed by atoms with van der Waals surface area (Å²) < 4.78 is 10.3. The molecule has 14 heteroatoms. The van der Waals surface area contributed by atoms with Gasteiger partial charge in [-0.15, -0.1) is 0 Å². The molecular weight excluding hydrogens is 516 g/mol. The first-order chi connectivity index (χ1) is 17.9. The van der Waals surface area contributed by atoms with E-state index in [2.05, 4.69) is 16.0 Å². The van der Waals surface area contributed by atoms with Gasteiger partial charge in [0.2, 0.25) is 23.6 Å². The molecule has 39 heavy (non-hydrogen) atoms. The van der Waals surface area contributed by atoms with Crippen molar-refractivity contribution in [1.29, 1.82) is 0 Å². The van der Waals surface area contributed by atoms with Crippen LogP contribution in [0.1, 0.15) is 60.8 Å². The summed E-state index contributed by atoms with van der Waals surface area (Å²) in [6, 6.07) is 0. The van der Waals surface area contributed by atoms with E-state index in [0.717, 1.165) is 11.0 Å². The van der Waals surface area contributed by atoms with E-state index < -0.39 is 65.8 Å². The van der Waals surface area contributed by atoms with Crippen molar-refractivity contribution in [2.75, 3.05) is 32.7 Å². The smallest absolute Gasteiger partial charge is 0.328 e. The van der Waals surface area contributed by atoms with Crippen LogP contribution in [0, 0.1) is 0 Å². The van der Waals surface area contributed by atoms with E-state index in [1.54, 1.807) is 41.5 Å². The monoisotopic (exact) mass is 556 g/mol. The third-order valence-electron chi connectivity index (χ3n) is 4.18. The minimum absolute atomic E-state index is 0.0518. The van der Waals surface area contributed by atoms with Crippen LogP contribution in [0.15, 0.2) is 12.2 Å². The molecule has 0 heterocycles. The van der Waals surface area contributed by atoms with Gasteiger partial charge in [-0.05, 0) is 41.5 Å². The highest BCUT2D eigenvalue weighted by molar-refractivity contribution is 5.94. The minimum atomic E-state index is -1.32. The fourth-order valence-electron chi connectivity index (χ4n) is 2.74. The molecule has 0 bridgehead atoms. The Kier molecular flexibility index (Phi) is 15.1. The topological polar surface area (TPSA) is 198 Å². The number of ether oxygens (including phenoxy) is 2. The lowest BCUT2D eigenvalue weighted by Crippen LogP contribution is -2.47. The maximum absolute atomic E-state index is 12.7. The normalized spacial score (nSPS) is 11.3. The average Bonchev–Trinajstić information content (AvgIpc) is 2.74. The van der Waals surface area contributed by atoms with Crippen molar-refractivity contribution in [2.24, 2.45) is 0 Å². The van der Waals surface area contributed by atoms with E-state index in [1.165, 1.54) is 0 Å². The first-order valence-electron chi connectivity index (χ1n) is 12.3. The quantitative estimate of drug-likeness (QED) is 0.153. The van der Waals surface area contributed by atoms with Crippen molar-refractivity contribution >= 4 is 41.5 Å². The molecule has 0 saturated heterocycles. The van der Waals surface area contributed by atoms with Crippen LogP contribution in [-0.4, -0.2) is 95.5 Å². The summed E-state index contributed by atoms with van der Waals surface area (Å²) in [6.07, 6.45) is 0.923. The van der Waals surface area contributed by atoms with Gasteiger partial charge in [0.25, 0.3) is 0 Å². The highest BCUT2D eigenvalue weighted by Gasteiger charge is 2.22. The van der Waals surface area contributed by atoms with Gasteiger partial charge < -0.3 is 35.4 Å². The molecule has 0 aromatic carbocycles. The Morgan fingerprint density at radius 3 is 1.46 bits per heavy atom. The molecule has 4 amide bonds. The van der Waals surface area contributed by atoms with Gasteiger partial charge in [-0.2, -0.15) is 0 Å². The molecule has 0 saturated carbocycles. The van der Waals surface area contributed by atoms with E-state index in [-0.39, 0.29) is 38.9 Å². The SMILES string of the molecule is CC(C)(C)OC(=O)CCNC(=O)CN(CC(=O)NCCC(=O)OC(C)(C)C)C(=O)CCNC(=O)/C=C/C(=O)O. The fraction of sp³-hybridized carbons (Fsp3) is 0.640. The molecule has 0 aromatic rings. The summed E-state index contributed by atoms with van der Waals surface area (Å²) in [4.78, 5) is 84.1. The number of esters is 2. The Labute approximate surface area is 227 Å². The number of hydrogen-bond donors (Lipinski definition) is 4. The van der Waals surface area contributed by atoms with Gasteiger partial charge in [-0.1, -0.05) is 0 Å². The van der Waals surface area contributed by atoms with Crippen molar-refractivity contribution in [1.82, 2.24) is 20.9 Å². The number of nitrogens with zero attached hydrogens (tertiary/aromatic N) is 1. The lowest BCUT2D eigenvalue weighted by atomic mass is 10.2. The summed E-state index contributed by atoms with van der Waals surface area (Å²) in [7, 11) is 0.